The molecule has 0 aliphatic rings. The van der Waals surface area contributed by atoms with Gasteiger partial charge in [0.2, 0.25) is 5.91 Å². The van der Waals surface area contributed by atoms with Crippen LogP contribution in [0.4, 0.5) is 5.69 Å². The average molecular weight is 280 g/mol. The van der Waals surface area contributed by atoms with E-state index in [-0.39, 0.29) is 5.69 Å². The molecule has 4 nitrogen and oxygen atoms in total. The first kappa shape index (κ1) is 14.7. The highest BCUT2D eigenvalue weighted by molar-refractivity contribution is 6.49. The van der Waals surface area contributed by atoms with E-state index >= 15 is 0 Å². The zero-order chi connectivity index (χ0) is 13.9. The Labute approximate surface area is 116 Å². The molecule has 0 aliphatic carbocycles. The first-order valence-corrected chi connectivity index (χ1v) is 5.33. The quantitative estimate of drug-likeness (QED) is 0.652. The molecule has 8 heteroatoms. The minimum Gasteiger partial charge on any atom is -0.479 e. The second-order valence-electron chi connectivity index (χ2n) is 3.24. The van der Waals surface area contributed by atoms with Crippen molar-refractivity contribution in [1.29, 1.82) is 0 Å². The third kappa shape index (κ3) is 3.82. The molecule has 0 aromatic heterocycles. The van der Waals surface area contributed by atoms with Gasteiger partial charge in [-0.1, -0.05) is 23.2 Å². The van der Waals surface area contributed by atoms with Crippen LogP contribution in [0.5, 0.6) is 0 Å². The smallest absolute Gasteiger partial charge is 0.320 e. The number of hydrogen-bond acceptors (Lipinski definition) is 2. The van der Waals surface area contributed by atoms with E-state index in [0.717, 1.165) is 0 Å². The molecule has 0 unspecified atom stereocenters. The number of carbonyl (C=O) groups is 2. The third-order valence-corrected chi connectivity index (χ3v) is 2.32. The number of amides is 1. The molecule has 0 aliphatic heterocycles. The molecular weight excluding hydrogens is 275 g/mol. The van der Waals surface area contributed by atoms with Crippen LogP contribution < -0.4 is 5.32 Å². The minimum atomic E-state index is -1.48. The number of carboxylic acid groups (broad SMARTS) is 1. The molecule has 0 fully saturated rings. The molecule has 1 aromatic rings. The van der Waals surface area contributed by atoms with Gasteiger partial charge < -0.3 is 10.4 Å². The van der Waals surface area contributed by atoms with Gasteiger partial charge in [0.15, 0.2) is 0 Å². The summed E-state index contributed by atoms with van der Waals surface area (Å²) in [6.07, 6.45) is 0. The van der Waals surface area contributed by atoms with E-state index in [1.165, 1.54) is 18.2 Å². The molecular formula is C10H5B2Cl2NO3. The highest BCUT2D eigenvalue weighted by atomic mass is 35.5. The zero-order valence-electron chi connectivity index (χ0n) is 8.91. The van der Waals surface area contributed by atoms with Crippen molar-refractivity contribution >= 4 is 56.5 Å². The number of anilines is 1. The summed E-state index contributed by atoms with van der Waals surface area (Å²) in [7, 11) is 10.4. The Kier molecular flexibility index (Phi) is 4.87. The minimum absolute atomic E-state index is 0.277. The van der Waals surface area contributed by atoms with Gasteiger partial charge in [-0.3, -0.25) is 4.79 Å². The molecule has 0 saturated heterocycles. The lowest BCUT2D eigenvalue weighted by Crippen LogP contribution is -2.19. The van der Waals surface area contributed by atoms with Crippen LogP contribution in [-0.4, -0.2) is 32.7 Å². The number of halogens is 2. The maximum atomic E-state index is 11.6. The van der Waals surface area contributed by atoms with Crippen molar-refractivity contribution in [2.75, 3.05) is 5.32 Å². The summed E-state index contributed by atoms with van der Waals surface area (Å²) in [5.41, 5.74) is -1.06. The SMILES string of the molecule is [B]/C(C(=O)O)=C(/[B])C(=O)Nc1cc(Cl)cc(Cl)c1. The van der Waals surface area contributed by atoms with Crippen molar-refractivity contribution < 1.29 is 14.7 Å². The van der Waals surface area contributed by atoms with Gasteiger partial charge in [-0.25, -0.2) is 4.79 Å². The molecule has 18 heavy (non-hydrogen) atoms. The lowest BCUT2D eigenvalue weighted by Gasteiger charge is -2.08. The van der Waals surface area contributed by atoms with E-state index in [1.54, 1.807) is 0 Å². The van der Waals surface area contributed by atoms with Gasteiger partial charge in [0.25, 0.3) is 0 Å². The standard InChI is InChI=1S/C10H5B2Cl2NO3/c11-7(8(12)10(17)18)9(16)15-6-2-4(13)1-5(14)3-6/h1-3H,(H,15,16)(H,17,18)/b8-7+. The number of rotatable bonds is 3. The van der Waals surface area contributed by atoms with Gasteiger partial charge in [0.1, 0.15) is 15.7 Å². The van der Waals surface area contributed by atoms with Crippen LogP contribution in [0.2, 0.25) is 10.0 Å². The summed E-state index contributed by atoms with van der Waals surface area (Å²) in [6, 6.07) is 4.33. The molecule has 0 bridgehead atoms. The van der Waals surface area contributed by atoms with Gasteiger partial charge in [0, 0.05) is 15.7 Å². The summed E-state index contributed by atoms with van der Waals surface area (Å²) < 4.78 is 0. The highest BCUT2D eigenvalue weighted by Gasteiger charge is 2.12. The van der Waals surface area contributed by atoms with Gasteiger partial charge in [-0.05, 0) is 29.1 Å². The van der Waals surface area contributed by atoms with E-state index in [4.69, 9.17) is 44.0 Å². The van der Waals surface area contributed by atoms with Crippen molar-refractivity contribution in [2.24, 2.45) is 0 Å². The van der Waals surface area contributed by atoms with Crippen LogP contribution >= 0.6 is 23.2 Å². The maximum absolute atomic E-state index is 11.6. The molecule has 1 aromatic carbocycles. The third-order valence-electron chi connectivity index (χ3n) is 1.89. The fraction of sp³-hybridized carbons (Fsp3) is 0. The van der Waals surface area contributed by atoms with Gasteiger partial charge in [0.05, 0.1) is 0 Å². The van der Waals surface area contributed by atoms with E-state index in [0.29, 0.717) is 10.0 Å². The number of carbonyl (C=O) groups excluding carboxylic acids is 1. The number of nitrogens with one attached hydrogen (secondary N) is 1. The second kappa shape index (κ2) is 5.98. The Balaban J connectivity index is 2.95. The molecule has 0 heterocycles. The van der Waals surface area contributed by atoms with Crippen molar-refractivity contribution in [1.82, 2.24) is 0 Å². The molecule has 88 valence electrons. The van der Waals surface area contributed by atoms with Crippen molar-refractivity contribution in [3.63, 3.8) is 0 Å². The monoisotopic (exact) mass is 279 g/mol. The number of carboxylic acids is 1. The summed E-state index contributed by atoms with van der Waals surface area (Å²) in [5.74, 6) is -2.33. The summed E-state index contributed by atoms with van der Waals surface area (Å²) in [6.45, 7) is 0. The predicted octanol–water partition coefficient (Wildman–Crippen LogP) is 1.57. The van der Waals surface area contributed by atoms with Gasteiger partial charge in [-0.2, -0.15) is 0 Å². The second-order valence-corrected chi connectivity index (χ2v) is 4.12. The van der Waals surface area contributed by atoms with Crippen molar-refractivity contribution in [3.8, 4) is 0 Å². The summed E-state index contributed by atoms with van der Waals surface area (Å²) in [4.78, 5) is 22.1. The molecule has 0 saturated carbocycles. The van der Waals surface area contributed by atoms with Crippen LogP contribution in [0.1, 0.15) is 0 Å². The van der Waals surface area contributed by atoms with E-state index in [9.17, 15) is 9.59 Å². The Morgan fingerprint density at radius 1 is 1.06 bits per heavy atom. The van der Waals surface area contributed by atoms with Gasteiger partial charge in [-0.15, -0.1) is 0 Å². The van der Waals surface area contributed by atoms with Crippen LogP contribution in [0.15, 0.2) is 29.1 Å². The maximum Gasteiger partial charge on any atom is 0.320 e. The molecule has 1 amide bonds. The fourth-order valence-electron chi connectivity index (χ4n) is 1.06. The van der Waals surface area contributed by atoms with E-state index in [2.05, 4.69) is 5.32 Å². The lowest BCUT2D eigenvalue weighted by atomic mass is 9.80. The topological polar surface area (TPSA) is 66.4 Å². The normalized spacial score (nSPS) is 11.7. The van der Waals surface area contributed by atoms with Crippen LogP contribution in [0.3, 0.4) is 0 Å². The predicted molar refractivity (Wildman–Crippen MR) is 71.3 cm³/mol. The number of benzene rings is 1. The Morgan fingerprint density at radius 2 is 1.56 bits per heavy atom. The van der Waals surface area contributed by atoms with E-state index < -0.39 is 22.8 Å². The number of hydrogen-bond donors (Lipinski definition) is 2. The molecule has 0 atom stereocenters. The van der Waals surface area contributed by atoms with Crippen molar-refractivity contribution in [2.45, 2.75) is 0 Å². The summed E-state index contributed by atoms with van der Waals surface area (Å²) in [5, 5.41) is 11.5. The molecule has 0 spiro atoms. The van der Waals surface area contributed by atoms with Crippen LogP contribution in [-0.2, 0) is 9.59 Å². The van der Waals surface area contributed by atoms with Crippen LogP contribution in [0.25, 0.3) is 0 Å². The zero-order valence-corrected chi connectivity index (χ0v) is 10.4. The first-order chi connectivity index (χ1) is 8.31. The van der Waals surface area contributed by atoms with Crippen molar-refractivity contribution in [3.05, 3.63) is 39.2 Å². The largest absolute Gasteiger partial charge is 0.479 e. The number of aliphatic carboxylic acids is 1. The molecule has 1 rings (SSSR count). The van der Waals surface area contributed by atoms with E-state index in [1.807, 2.05) is 0 Å². The lowest BCUT2D eigenvalue weighted by molar-refractivity contribution is -0.132. The average Bonchev–Trinajstić information content (AvgIpc) is 2.25. The van der Waals surface area contributed by atoms with Gasteiger partial charge >= 0.3 is 5.97 Å². The Morgan fingerprint density at radius 3 is 2.00 bits per heavy atom. The Hall–Kier alpha value is -1.39. The van der Waals surface area contributed by atoms with Crippen LogP contribution in [0, 0.1) is 0 Å². The summed E-state index contributed by atoms with van der Waals surface area (Å²) >= 11 is 11.5. The molecule has 4 radical (unpaired) electrons. The Bertz CT molecular complexity index is 526. The first-order valence-electron chi connectivity index (χ1n) is 4.57. The molecule has 2 N–H and O–H groups in total. The highest BCUT2D eigenvalue weighted by Crippen LogP contribution is 2.22. The fourth-order valence-corrected chi connectivity index (χ4v) is 1.59.